The van der Waals surface area contributed by atoms with E-state index in [9.17, 15) is 4.79 Å². The van der Waals surface area contributed by atoms with Gasteiger partial charge in [0.1, 0.15) is 0 Å². The standard InChI is InChI=1S/C17H25ClN2O/c1-11-6-4-5-7-15(11)19-13(3)17(21)20-16-10-14(18)9-8-12(16)2/h8-11,13,15,19H,4-7H2,1-3H3,(H,20,21). The highest BCUT2D eigenvalue weighted by Gasteiger charge is 2.25. The number of amides is 1. The first-order valence-electron chi connectivity index (χ1n) is 7.80. The largest absolute Gasteiger partial charge is 0.324 e. The van der Waals surface area contributed by atoms with E-state index in [2.05, 4.69) is 17.6 Å². The Balaban J connectivity index is 1.94. The Kier molecular flexibility index (Phi) is 5.65. The number of carbonyl (C=O) groups is 1. The lowest BCUT2D eigenvalue weighted by Crippen LogP contribution is -2.47. The average Bonchev–Trinajstić information content (AvgIpc) is 2.45. The second-order valence-corrected chi connectivity index (χ2v) is 6.64. The lowest BCUT2D eigenvalue weighted by molar-refractivity contribution is -0.118. The van der Waals surface area contributed by atoms with Gasteiger partial charge in [0, 0.05) is 16.8 Å². The highest BCUT2D eigenvalue weighted by Crippen LogP contribution is 2.24. The molecule has 4 heteroatoms. The van der Waals surface area contributed by atoms with Gasteiger partial charge < -0.3 is 10.6 Å². The molecule has 0 heterocycles. The predicted octanol–water partition coefficient (Wildman–Crippen LogP) is 4.14. The summed E-state index contributed by atoms with van der Waals surface area (Å²) in [7, 11) is 0. The van der Waals surface area contributed by atoms with Crippen LogP contribution in [0, 0.1) is 12.8 Å². The molecule has 0 saturated heterocycles. The van der Waals surface area contributed by atoms with E-state index in [1.807, 2.05) is 26.0 Å². The first-order chi connectivity index (χ1) is 9.97. The molecule has 0 radical (unpaired) electrons. The molecule has 2 rings (SSSR count). The van der Waals surface area contributed by atoms with E-state index < -0.39 is 0 Å². The van der Waals surface area contributed by atoms with Gasteiger partial charge in [0.05, 0.1) is 6.04 Å². The first-order valence-corrected chi connectivity index (χ1v) is 8.18. The maximum atomic E-state index is 12.3. The van der Waals surface area contributed by atoms with Gasteiger partial charge in [-0.2, -0.15) is 0 Å². The molecule has 1 aromatic carbocycles. The van der Waals surface area contributed by atoms with Crippen molar-refractivity contribution in [3.05, 3.63) is 28.8 Å². The number of rotatable bonds is 4. The van der Waals surface area contributed by atoms with Crippen LogP contribution in [0.1, 0.15) is 45.1 Å². The Bertz CT molecular complexity index is 504. The molecule has 116 valence electrons. The molecule has 0 aliphatic heterocycles. The quantitative estimate of drug-likeness (QED) is 0.877. The summed E-state index contributed by atoms with van der Waals surface area (Å²) < 4.78 is 0. The maximum Gasteiger partial charge on any atom is 0.241 e. The second-order valence-electron chi connectivity index (χ2n) is 6.21. The van der Waals surface area contributed by atoms with Crippen molar-refractivity contribution < 1.29 is 4.79 Å². The van der Waals surface area contributed by atoms with Crippen LogP contribution in [0.3, 0.4) is 0 Å². The smallest absolute Gasteiger partial charge is 0.241 e. The van der Waals surface area contributed by atoms with Gasteiger partial charge >= 0.3 is 0 Å². The Morgan fingerprint density at radius 2 is 2.05 bits per heavy atom. The van der Waals surface area contributed by atoms with Crippen LogP contribution in [0.5, 0.6) is 0 Å². The molecule has 2 N–H and O–H groups in total. The van der Waals surface area contributed by atoms with Crippen LogP contribution >= 0.6 is 11.6 Å². The topological polar surface area (TPSA) is 41.1 Å². The third-order valence-corrected chi connectivity index (χ3v) is 4.66. The van der Waals surface area contributed by atoms with E-state index in [4.69, 9.17) is 11.6 Å². The summed E-state index contributed by atoms with van der Waals surface area (Å²) >= 11 is 5.99. The summed E-state index contributed by atoms with van der Waals surface area (Å²) in [5.41, 5.74) is 1.81. The SMILES string of the molecule is Cc1ccc(Cl)cc1NC(=O)C(C)NC1CCCCC1C. The zero-order chi connectivity index (χ0) is 15.4. The van der Waals surface area contributed by atoms with E-state index in [1.165, 1.54) is 19.3 Å². The summed E-state index contributed by atoms with van der Waals surface area (Å²) in [5, 5.41) is 7.08. The summed E-state index contributed by atoms with van der Waals surface area (Å²) in [4.78, 5) is 12.3. The first kappa shape index (κ1) is 16.3. The van der Waals surface area contributed by atoms with Crippen molar-refractivity contribution in [1.82, 2.24) is 5.32 Å². The second kappa shape index (κ2) is 7.28. The van der Waals surface area contributed by atoms with Crippen molar-refractivity contribution in [2.75, 3.05) is 5.32 Å². The van der Waals surface area contributed by atoms with Gasteiger partial charge in [0.2, 0.25) is 5.91 Å². The third kappa shape index (κ3) is 4.45. The molecule has 3 unspecified atom stereocenters. The third-order valence-electron chi connectivity index (χ3n) is 4.43. The van der Waals surface area contributed by atoms with Crippen molar-refractivity contribution in [3.8, 4) is 0 Å². The van der Waals surface area contributed by atoms with Gasteiger partial charge in [0.15, 0.2) is 0 Å². The van der Waals surface area contributed by atoms with Crippen LogP contribution in [0.25, 0.3) is 0 Å². The van der Waals surface area contributed by atoms with Crippen molar-refractivity contribution >= 4 is 23.2 Å². The number of anilines is 1. The molecule has 0 spiro atoms. The number of aryl methyl sites for hydroxylation is 1. The average molecular weight is 309 g/mol. The van der Waals surface area contributed by atoms with Crippen LogP contribution in [0.4, 0.5) is 5.69 Å². The van der Waals surface area contributed by atoms with E-state index >= 15 is 0 Å². The molecule has 0 bridgehead atoms. The summed E-state index contributed by atoms with van der Waals surface area (Å²) in [6.45, 7) is 6.16. The van der Waals surface area contributed by atoms with Crippen molar-refractivity contribution in [2.24, 2.45) is 5.92 Å². The molecule has 1 aliphatic carbocycles. The maximum absolute atomic E-state index is 12.3. The van der Waals surface area contributed by atoms with Crippen LogP contribution in [0.15, 0.2) is 18.2 Å². The molecule has 3 atom stereocenters. The lowest BCUT2D eigenvalue weighted by Gasteiger charge is -2.31. The van der Waals surface area contributed by atoms with Gasteiger partial charge in [0.25, 0.3) is 0 Å². The number of hydrogen-bond donors (Lipinski definition) is 2. The minimum Gasteiger partial charge on any atom is -0.324 e. The Morgan fingerprint density at radius 1 is 1.33 bits per heavy atom. The summed E-state index contributed by atoms with van der Waals surface area (Å²) in [6, 6.07) is 5.79. The number of benzene rings is 1. The van der Waals surface area contributed by atoms with E-state index in [1.54, 1.807) is 6.07 Å². The Hall–Kier alpha value is -1.06. The van der Waals surface area contributed by atoms with Gasteiger partial charge in [-0.25, -0.2) is 0 Å². The predicted molar refractivity (Wildman–Crippen MR) is 88.8 cm³/mol. The fourth-order valence-electron chi connectivity index (χ4n) is 2.93. The summed E-state index contributed by atoms with van der Waals surface area (Å²) in [5.74, 6) is 0.639. The van der Waals surface area contributed by atoms with Crippen molar-refractivity contribution in [1.29, 1.82) is 0 Å². The Labute approximate surface area is 132 Å². The van der Waals surface area contributed by atoms with Gasteiger partial charge in [-0.3, -0.25) is 4.79 Å². The summed E-state index contributed by atoms with van der Waals surface area (Å²) in [6.07, 6.45) is 4.97. The van der Waals surface area contributed by atoms with Gasteiger partial charge in [-0.05, 0) is 50.3 Å². The van der Waals surface area contributed by atoms with Gasteiger partial charge in [-0.1, -0.05) is 37.4 Å². The molecule has 1 saturated carbocycles. The zero-order valence-corrected chi connectivity index (χ0v) is 13.8. The molecule has 3 nitrogen and oxygen atoms in total. The number of hydrogen-bond acceptors (Lipinski definition) is 2. The number of nitrogens with one attached hydrogen (secondary N) is 2. The fraction of sp³-hybridized carbons (Fsp3) is 0.588. The van der Waals surface area contributed by atoms with E-state index in [0.717, 1.165) is 17.7 Å². The lowest BCUT2D eigenvalue weighted by atomic mass is 9.85. The monoisotopic (exact) mass is 308 g/mol. The number of carbonyl (C=O) groups excluding carboxylic acids is 1. The highest BCUT2D eigenvalue weighted by molar-refractivity contribution is 6.31. The van der Waals surface area contributed by atoms with Crippen LogP contribution in [0.2, 0.25) is 5.02 Å². The molecular formula is C17H25ClN2O. The fourth-order valence-corrected chi connectivity index (χ4v) is 3.10. The van der Waals surface area contributed by atoms with Crippen molar-refractivity contribution in [2.45, 2.75) is 58.5 Å². The molecule has 1 fully saturated rings. The Morgan fingerprint density at radius 3 is 2.76 bits per heavy atom. The molecule has 1 aliphatic rings. The number of halogens is 1. The minimum absolute atomic E-state index is 0.00172. The minimum atomic E-state index is -0.200. The van der Waals surface area contributed by atoms with E-state index in [-0.39, 0.29) is 11.9 Å². The van der Waals surface area contributed by atoms with E-state index in [0.29, 0.717) is 17.0 Å². The van der Waals surface area contributed by atoms with Crippen LogP contribution in [-0.2, 0) is 4.79 Å². The zero-order valence-electron chi connectivity index (χ0n) is 13.1. The highest BCUT2D eigenvalue weighted by atomic mass is 35.5. The van der Waals surface area contributed by atoms with Crippen LogP contribution < -0.4 is 10.6 Å². The molecule has 1 amide bonds. The molecule has 21 heavy (non-hydrogen) atoms. The molecule has 0 aromatic heterocycles. The normalized spacial score (nSPS) is 23.6. The van der Waals surface area contributed by atoms with Crippen LogP contribution in [-0.4, -0.2) is 18.0 Å². The molecular weight excluding hydrogens is 284 g/mol. The van der Waals surface area contributed by atoms with Crippen molar-refractivity contribution in [3.63, 3.8) is 0 Å². The van der Waals surface area contributed by atoms with Gasteiger partial charge in [-0.15, -0.1) is 0 Å². The molecule has 1 aromatic rings.